The molecule has 0 spiro atoms. The highest BCUT2D eigenvalue weighted by Gasteiger charge is 2.54. The molecule has 5 atom stereocenters. The molecular formula is C20H36O4S. The Bertz CT molecular complexity index is 568. The van der Waals surface area contributed by atoms with E-state index in [1.807, 2.05) is 0 Å². The van der Waals surface area contributed by atoms with Crippen molar-refractivity contribution in [1.82, 2.24) is 0 Å². The lowest BCUT2D eigenvalue weighted by Gasteiger charge is -2.46. The molecule has 0 saturated heterocycles. The molecule has 25 heavy (non-hydrogen) atoms. The van der Waals surface area contributed by atoms with Crippen molar-refractivity contribution in [2.24, 2.45) is 35.0 Å². The van der Waals surface area contributed by atoms with Crippen molar-refractivity contribution < 1.29 is 17.4 Å². The largest absolute Gasteiger partial charge is 0.299 e. The number of ketones is 1. The summed E-state index contributed by atoms with van der Waals surface area (Å²) in [6.07, 6.45) is 8.57. The molecule has 2 aliphatic rings. The molecule has 0 aromatic heterocycles. The minimum atomic E-state index is -3.50. The summed E-state index contributed by atoms with van der Waals surface area (Å²) in [5, 5.41) is 0. The Morgan fingerprint density at radius 3 is 2.48 bits per heavy atom. The van der Waals surface area contributed by atoms with Crippen molar-refractivity contribution in [2.45, 2.75) is 72.6 Å². The van der Waals surface area contributed by atoms with Crippen LogP contribution >= 0.6 is 0 Å². The lowest BCUT2D eigenvalue weighted by molar-refractivity contribution is -0.133. The van der Waals surface area contributed by atoms with Gasteiger partial charge in [-0.05, 0) is 48.3 Å². The van der Waals surface area contributed by atoms with Crippen LogP contribution in [-0.2, 0) is 19.1 Å². The molecule has 0 bridgehead atoms. The van der Waals surface area contributed by atoms with Crippen LogP contribution in [0, 0.1) is 35.0 Å². The molecule has 0 heterocycles. The number of rotatable bonds is 8. The van der Waals surface area contributed by atoms with E-state index in [4.69, 9.17) is 4.18 Å². The van der Waals surface area contributed by atoms with E-state index in [-0.39, 0.29) is 29.6 Å². The van der Waals surface area contributed by atoms with Gasteiger partial charge in [0.15, 0.2) is 0 Å². The Morgan fingerprint density at radius 2 is 1.88 bits per heavy atom. The summed E-state index contributed by atoms with van der Waals surface area (Å²) in [5.74, 6) is 2.27. The van der Waals surface area contributed by atoms with Crippen molar-refractivity contribution in [3.8, 4) is 0 Å². The maximum absolute atomic E-state index is 12.4. The summed E-state index contributed by atoms with van der Waals surface area (Å²) in [6, 6.07) is 0. The smallest absolute Gasteiger partial charge is 0.264 e. The molecule has 0 amide bonds. The predicted molar refractivity (Wildman–Crippen MR) is 101 cm³/mol. The Morgan fingerprint density at radius 1 is 1.20 bits per heavy atom. The van der Waals surface area contributed by atoms with E-state index in [1.54, 1.807) is 0 Å². The summed E-state index contributed by atoms with van der Waals surface area (Å²) in [6.45, 7) is 9.30. The zero-order valence-corrected chi connectivity index (χ0v) is 17.4. The van der Waals surface area contributed by atoms with Gasteiger partial charge in [-0.2, -0.15) is 8.42 Å². The molecule has 5 heteroatoms. The van der Waals surface area contributed by atoms with Gasteiger partial charge in [0.1, 0.15) is 5.78 Å². The van der Waals surface area contributed by atoms with Gasteiger partial charge in [-0.1, -0.05) is 47.0 Å². The van der Waals surface area contributed by atoms with Gasteiger partial charge >= 0.3 is 0 Å². The Balaban J connectivity index is 2.05. The average molecular weight is 373 g/mol. The number of carbonyl (C=O) groups is 1. The second-order valence-electron chi connectivity index (χ2n) is 9.16. The van der Waals surface area contributed by atoms with Crippen LogP contribution in [0.25, 0.3) is 0 Å². The third-order valence-electron chi connectivity index (χ3n) is 6.88. The van der Waals surface area contributed by atoms with Crippen LogP contribution in [0.5, 0.6) is 0 Å². The van der Waals surface area contributed by atoms with Crippen LogP contribution in [0.1, 0.15) is 72.6 Å². The molecule has 0 aromatic rings. The molecule has 146 valence electrons. The van der Waals surface area contributed by atoms with Crippen molar-refractivity contribution in [3.63, 3.8) is 0 Å². The van der Waals surface area contributed by atoms with E-state index < -0.39 is 10.1 Å². The fourth-order valence-electron chi connectivity index (χ4n) is 5.52. The molecule has 2 aliphatic carbocycles. The molecule has 0 radical (unpaired) electrons. The molecule has 0 aromatic carbocycles. The van der Waals surface area contributed by atoms with Crippen molar-refractivity contribution in [3.05, 3.63) is 0 Å². The number of Topliss-reactive ketones (excluding diaryl/α,β-unsaturated/α-hetero) is 1. The van der Waals surface area contributed by atoms with Crippen molar-refractivity contribution in [1.29, 1.82) is 0 Å². The van der Waals surface area contributed by atoms with Crippen molar-refractivity contribution >= 4 is 15.9 Å². The van der Waals surface area contributed by atoms with E-state index in [0.29, 0.717) is 18.3 Å². The van der Waals surface area contributed by atoms with Gasteiger partial charge in [-0.15, -0.1) is 0 Å². The minimum Gasteiger partial charge on any atom is -0.299 e. The second kappa shape index (κ2) is 8.08. The van der Waals surface area contributed by atoms with Gasteiger partial charge in [0.2, 0.25) is 0 Å². The molecule has 2 saturated carbocycles. The van der Waals surface area contributed by atoms with Gasteiger partial charge in [0.05, 0.1) is 12.9 Å². The summed E-state index contributed by atoms with van der Waals surface area (Å²) >= 11 is 0. The SMILES string of the molecule is CC(C)CCC[C@H](C)[C@@H]1CC[C@@H]2[C@@H](COS(C)(=O)=O)C(=O)CC[C@]21C. The lowest BCUT2D eigenvalue weighted by atomic mass is 9.59. The second-order valence-corrected chi connectivity index (χ2v) is 10.8. The summed E-state index contributed by atoms with van der Waals surface area (Å²) < 4.78 is 27.8. The first-order valence-corrected chi connectivity index (χ1v) is 11.7. The maximum atomic E-state index is 12.4. The Hall–Kier alpha value is -0.420. The van der Waals surface area contributed by atoms with Crippen LogP contribution < -0.4 is 0 Å². The third-order valence-corrected chi connectivity index (χ3v) is 7.45. The fourth-order valence-corrected chi connectivity index (χ4v) is 5.91. The highest BCUT2D eigenvalue weighted by Crippen LogP contribution is 2.59. The Labute approximate surface area is 154 Å². The van der Waals surface area contributed by atoms with Crippen molar-refractivity contribution in [2.75, 3.05) is 12.9 Å². The molecule has 2 fully saturated rings. The minimum absolute atomic E-state index is 0.0341. The van der Waals surface area contributed by atoms with Crippen LogP contribution in [0.3, 0.4) is 0 Å². The summed E-state index contributed by atoms with van der Waals surface area (Å²) in [4.78, 5) is 12.4. The standard InChI is InChI=1S/C20H36O4S/c1-14(2)7-6-8-15(3)17-9-10-18-16(13-24-25(5,22)23)19(21)11-12-20(17,18)4/h14-18H,6-13H2,1-5H3/t15-,16+,17-,18+,20-/m0/s1. The van der Waals surface area contributed by atoms with Crippen LogP contribution in [0.15, 0.2) is 0 Å². The van der Waals surface area contributed by atoms with Gasteiger partial charge in [-0.3, -0.25) is 8.98 Å². The van der Waals surface area contributed by atoms with E-state index >= 15 is 0 Å². The number of carbonyl (C=O) groups excluding carboxylic acids is 1. The number of hydrogen-bond acceptors (Lipinski definition) is 4. The van der Waals surface area contributed by atoms with Gasteiger partial charge < -0.3 is 0 Å². The first-order chi connectivity index (χ1) is 11.5. The number of hydrogen-bond donors (Lipinski definition) is 0. The molecule has 0 aliphatic heterocycles. The maximum Gasteiger partial charge on any atom is 0.264 e. The van der Waals surface area contributed by atoms with E-state index in [9.17, 15) is 13.2 Å². The first kappa shape index (κ1) is 20.9. The molecule has 4 nitrogen and oxygen atoms in total. The quantitative estimate of drug-likeness (QED) is 0.591. The summed E-state index contributed by atoms with van der Waals surface area (Å²) in [5.41, 5.74) is 0.149. The molecule has 2 rings (SSSR count). The zero-order chi connectivity index (χ0) is 18.8. The monoisotopic (exact) mass is 372 g/mol. The average Bonchev–Trinajstić information content (AvgIpc) is 2.83. The number of fused-ring (bicyclic) bond motifs is 1. The molecule has 0 N–H and O–H groups in total. The Kier molecular flexibility index (Phi) is 6.75. The normalized spacial score (nSPS) is 34.3. The van der Waals surface area contributed by atoms with Crippen LogP contribution in [-0.4, -0.2) is 27.1 Å². The topological polar surface area (TPSA) is 60.4 Å². The fraction of sp³-hybridized carbons (Fsp3) is 0.950. The van der Waals surface area contributed by atoms with Gasteiger partial charge in [-0.25, -0.2) is 0 Å². The lowest BCUT2D eigenvalue weighted by Crippen LogP contribution is -2.45. The molecular weight excluding hydrogens is 336 g/mol. The highest BCUT2D eigenvalue weighted by molar-refractivity contribution is 7.85. The summed E-state index contributed by atoms with van der Waals surface area (Å²) in [7, 11) is -3.50. The van der Waals surface area contributed by atoms with E-state index in [0.717, 1.165) is 31.4 Å². The van der Waals surface area contributed by atoms with Gasteiger partial charge in [0, 0.05) is 12.3 Å². The molecule has 0 unspecified atom stereocenters. The van der Waals surface area contributed by atoms with Crippen LogP contribution in [0.4, 0.5) is 0 Å². The third kappa shape index (κ3) is 5.06. The zero-order valence-electron chi connectivity index (χ0n) is 16.6. The van der Waals surface area contributed by atoms with Crippen LogP contribution in [0.2, 0.25) is 0 Å². The predicted octanol–water partition coefficient (Wildman–Crippen LogP) is 4.44. The van der Waals surface area contributed by atoms with E-state index in [2.05, 4.69) is 27.7 Å². The first-order valence-electron chi connectivity index (χ1n) is 9.91. The van der Waals surface area contributed by atoms with Gasteiger partial charge in [0.25, 0.3) is 10.1 Å². The highest BCUT2D eigenvalue weighted by atomic mass is 32.2. The van der Waals surface area contributed by atoms with E-state index in [1.165, 1.54) is 19.3 Å².